The molecule has 5 nitrogen and oxygen atoms in total. The molecular formula is C11H13NO4. The van der Waals surface area contributed by atoms with E-state index in [0.29, 0.717) is 23.7 Å². The van der Waals surface area contributed by atoms with Crippen molar-refractivity contribution in [3.8, 4) is 11.5 Å². The maximum absolute atomic E-state index is 10.2. The van der Waals surface area contributed by atoms with Crippen LogP contribution in [0.3, 0.4) is 0 Å². The molecule has 1 aromatic carbocycles. The number of methoxy groups -OCH3 is 1. The molecule has 0 aromatic heterocycles. The highest BCUT2D eigenvalue weighted by Crippen LogP contribution is 2.31. The molecule has 0 aliphatic rings. The number of para-hydroxylation sites is 1. The van der Waals surface area contributed by atoms with E-state index in [1.165, 1.54) is 13.2 Å². The fourth-order valence-corrected chi connectivity index (χ4v) is 1.26. The number of ether oxygens (including phenoxy) is 2. The maximum Gasteiger partial charge on any atom is 0.235 e. The highest BCUT2D eigenvalue weighted by molar-refractivity contribution is 5.61. The first-order valence-corrected chi connectivity index (χ1v) is 4.80. The topological polar surface area (TPSA) is 61.6 Å². The lowest BCUT2D eigenvalue weighted by Crippen LogP contribution is -1.97. The zero-order valence-electron chi connectivity index (χ0n) is 9.17. The van der Waals surface area contributed by atoms with Crippen LogP contribution in [0.5, 0.6) is 11.5 Å². The highest BCUT2D eigenvalue weighted by atomic mass is 16.6. The van der Waals surface area contributed by atoms with Gasteiger partial charge in [0, 0.05) is 11.6 Å². The third-order valence-corrected chi connectivity index (χ3v) is 1.89. The molecule has 0 bridgehead atoms. The SMILES string of the molecule is CCOc1c(/C=C\[N+](=O)[O-])cccc1OC. The van der Waals surface area contributed by atoms with Crippen LogP contribution in [0.25, 0.3) is 6.08 Å². The summed E-state index contributed by atoms with van der Waals surface area (Å²) < 4.78 is 10.5. The van der Waals surface area contributed by atoms with Gasteiger partial charge in [0.15, 0.2) is 11.5 Å². The molecule has 0 atom stereocenters. The van der Waals surface area contributed by atoms with Crippen LogP contribution >= 0.6 is 0 Å². The molecule has 0 N–H and O–H groups in total. The molecule has 0 saturated heterocycles. The second kappa shape index (κ2) is 5.75. The molecule has 0 radical (unpaired) electrons. The van der Waals surface area contributed by atoms with E-state index in [2.05, 4.69) is 0 Å². The van der Waals surface area contributed by atoms with Crippen LogP contribution in [0, 0.1) is 10.1 Å². The molecule has 1 aromatic rings. The van der Waals surface area contributed by atoms with Gasteiger partial charge in [-0.05, 0) is 13.0 Å². The molecule has 5 heteroatoms. The number of rotatable bonds is 5. The van der Waals surface area contributed by atoms with Crippen molar-refractivity contribution in [3.63, 3.8) is 0 Å². The van der Waals surface area contributed by atoms with Crippen molar-refractivity contribution >= 4 is 6.08 Å². The van der Waals surface area contributed by atoms with Gasteiger partial charge in [-0.25, -0.2) is 0 Å². The average molecular weight is 223 g/mol. The van der Waals surface area contributed by atoms with Crippen molar-refractivity contribution in [2.45, 2.75) is 6.92 Å². The highest BCUT2D eigenvalue weighted by Gasteiger charge is 2.08. The van der Waals surface area contributed by atoms with Crippen LogP contribution in [0.15, 0.2) is 24.4 Å². The first kappa shape index (κ1) is 12.0. The monoisotopic (exact) mass is 223 g/mol. The van der Waals surface area contributed by atoms with Crippen molar-refractivity contribution in [2.24, 2.45) is 0 Å². The lowest BCUT2D eigenvalue weighted by molar-refractivity contribution is -0.400. The molecule has 0 fully saturated rings. The summed E-state index contributed by atoms with van der Waals surface area (Å²) in [6.07, 6.45) is 2.25. The molecule has 0 heterocycles. The van der Waals surface area contributed by atoms with E-state index in [-0.39, 0.29) is 0 Å². The van der Waals surface area contributed by atoms with Crippen molar-refractivity contribution < 1.29 is 14.4 Å². The van der Waals surface area contributed by atoms with Crippen LogP contribution in [0.2, 0.25) is 0 Å². The van der Waals surface area contributed by atoms with Crippen molar-refractivity contribution in [2.75, 3.05) is 13.7 Å². The molecule has 86 valence electrons. The normalized spacial score (nSPS) is 10.4. The Labute approximate surface area is 93.4 Å². The predicted octanol–water partition coefficient (Wildman–Crippen LogP) is 2.34. The third-order valence-electron chi connectivity index (χ3n) is 1.89. The second-order valence-electron chi connectivity index (χ2n) is 2.91. The minimum atomic E-state index is -0.519. The summed E-state index contributed by atoms with van der Waals surface area (Å²) >= 11 is 0. The van der Waals surface area contributed by atoms with Gasteiger partial charge in [0.2, 0.25) is 6.20 Å². The number of benzene rings is 1. The molecule has 0 aliphatic carbocycles. The molecule has 0 spiro atoms. The molecule has 1 rings (SSSR count). The zero-order valence-corrected chi connectivity index (χ0v) is 9.17. The van der Waals surface area contributed by atoms with Crippen molar-refractivity contribution in [3.05, 3.63) is 40.1 Å². The Hall–Kier alpha value is -2.04. The number of nitrogens with zero attached hydrogens (tertiary/aromatic N) is 1. The summed E-state index contributed by atoms with van der Waals surface area (Å²) in [5.74, 6) is 1.08. The summed E-state index contributed by atoms with van der Waals surface area (Å²) in [5.41, 5.74) is 0.623. The Morgan fingerprint density at radius 2 is 2.25 bits per heavy atom. The number of nitro groups is 1. The Morgan fingerprint density at radius 1 is 1.50 bits per heavy atom. The van der Waals surface area contributed by atoms with Crippen LogP contribution in [-0.2, 0) is 0 Å². The van der Waals surface area contributed by atoms with Gasteiger partial charge in [0.25, 0.3) is 0 Å². The van der Waals surface area contributed by atoms with Gasteiger partial charge >= 0.3 is 0 Å². The molecule has 16 heavy (non-hydrogen) atoms. The van der Waals surface area contributed by atoms with Gasteiger partial charge in [-0.15, -0.1) is 0 Å². The van der Waals surface area contributed by atoms with Gasteiger partial charge < -0.3 is 9.47 Å². The second-order valence-corrected chi connectivity index (χ2v) is 2.91. The van der Waals surface area contributed by atoms with E-state index in [9.17, 15) is 10.1 Å². The summed E-state index contributed by atoms with van der Waals surface area (Å²) in [7, 11) is 1.53. The minimum absolute atomic E-state index is 0.472. The van der Waals surface area contributed by atoms with Crippen molar-refractivity contribution in [1.82, 2.24) is 0 Å². The third kappa shape index (κ3) is 2.98. The Bertz CT molecular complexity index is 401. The standard InChI is InChI=1S/C11H13NO4/c1-3-16-11-9(7-8-12(13)14)5-4-6-10(11)15-2/h4-8H,3H2,1-2H3/b8-7-. The van der Waals surface area contributed by atoms with Gasteiger partial charge in [-0.1, -0.05) is 12.1 Å². The fraction of sp³-hybridized carbons (Fsp3) is 0.273. The quantitative estimate of drug-likeness (QED) is 0.567. The van der Waals surface area contributed by atoms with Crippen LogP contribution in [0.4, 0.5) is 0 Å². The van der Waals surface area contributed by atoms with Gasteiger partial charge in [-0.3, -0.25) is 10.1 Å². The first-order chi connectivity index (χ1) is 7.69. The lowest BCUT2D eigenvalue weighted by atomic mass is 10.2. The molecular weight excluding hydrogens is 210 g/mol. The van der Waals surface area contributed by atoms with Crippen molar-refractivity contribution in [1.29, 1.82) is 0 Å². The Morgan fingerprint density at radius 3 is 2.81 bits per heavy atom. The smallest absolute Gasteiger partial charge is 0.235 e. The Balaban J connectivity index is 3.10. The van der Waals surface area contributed by atoms with E-state index in [1.807, 2.05) is 6.92 Å². The maximum atomic E-state index is 10.2. The van der Waals surface area contributed by atoms with Crippen LogP contribution < -0.4 is 9.47 Å². The van der Waals surface area contributed by atoms with E-state index < -0.39 is 4.92 Å². The van der Waals surface area contributed by atoms with Gasteiger partial charge in [0.1, 0.15) is 0 Å². The Kier molecular flexibility index (Phi) is 4.32. The van der Waals surface area contributed by atoms with Gasteiger partial charge in [-0.2, -0.15) is 0 Å². The average Bonchev–Trinajstić information content (AvgIpc) is 2.27. The van der Waals surface area contributed by atoms with Crippen LogP contribution in [0.1, 0.15) is 12.5 Å². The largest absolute Gasteiger partial charge is 0.493 e. The van der Waals surface area contributed by atoms with E-state index in [0.717, 1.165) is 6.20 Å². The summed E-state index contributed by atoms with van der Waals surface area (Å²) in [4.78, 5) is 9.72. The van der Waals surface area contributed by atoms with Crippen LogP contribution in [-0.4, -0.2) is 18.6 Å². The van der Waals surface area contributed by atoms with Gasteiger partial charge in [0.05, 0.1) is 18.6 Å². The molecule has 0 aliphatic heterocycles. The fourth-order valence-electron chi connectivity index (χ4n) is 1.26. The van der Waals surface area contributed by atoms with E-state index in [1.54, 1.807) is 18.2 Å². The molecule has 0 amide bonds. The minimum Gasteiger partial charge on any atom is -0.493 e. The summed E-state index contributed by atoms with van der Waals surface area (Å²) in [5, 5.41) is 10.2. The molecule has 0 unspecified atom stereocenters. The summed E-state index contributed by atoms with van der Waals surface area (Å²) in [6.45, 7) is 2.31. The first-order valence-electron chi connectivity index (χ1n) is 4.80. The molecule has 0 saturated carbocycles. The predicted molar refractivity (Wildman–Crippen MR) is 60.2 cm³/mol. The number of hydrogen-bond acceptors (Lipinski definition) is 4. The van der Waals surface area contributed by atoms with E-state index >= 15 is 0 Å². The lowest BCUT2D eigenvalue weighted by Gasteiger charge is -2.11. The zero-order chi connectivity index (χ0) is 12.0. The number of hydrogen-bond donors (Lipinski definition) is 0. The van der Waals surface area contributed by atoms with E-state index in [4.69, 9.17) is 9.47 Å². The summed E-state index contributed by atoms with van der Waals surface area (Å²) in [6, 6.07) is 5.23.